The molecule has 0 amide bonds. The van der Waals surface area contributed by atoms with Crippen LogP contribution in [0.2, 0.25) is 0 Å². The van der Waals surface area contributed by atoms with Crippen molar-refractivity contribution in [3.63, 3.8) is 0 Å². The summed E-state index contributed by atoms with van der Waals surface area (Å²) in [4.78, 5) is 4.68. The first-order valence-corrected chi connectivity index (χ1v) is 6.42. The molecule has 0 atom stereocenters. The average Bonchev–Trinajstić information content (AvgIpc) is 2.56. The second-order valence-corrected chi connectivity index (χ2v) is 5.04. The lowest BCUT2D eigenvalue weighted by Crippen LogP contribution is -2.09. The van der Waals surface area contributed by atoms with Gasteiger partial charge in [0.15, 0.2) is 5.89 Å². The Hall–Kier alpha value is -0.830. The van der Waals surface area contributed by atoms with Crippen molar-refractivity contribution < 1.29 is 4.42 Å². The summed E-state index contributed by atoms with van der Waals surface area (Å²) < 4.78 is 5.92. The van der Waals surface area contributed by atoms with E-state index in [1.807, 2.05) is 0 Å². The van der Waals surface area contributed by atoms with Gasteiger partial charge in [-0.15, -0.1) is 0 Å². The van der Waals surface area contributed by atoms with Gasteiger partial charge in [-0.1, -0.05) is 20.3 Å². The molecular formula is C13H22N2O. The number of oxazole rings is 1. The topological polar surface area (TPSA) is 52.0 Å². The zero-order valence-corrected chi connectivity index (χ0v) is 10.3. The Balaban J connectivity index is 2.15. The fourth-order valence-corrected chi connectivity index (χ4v) is 2.11. The van der Waals surface area contributed by atoms with Crippen molar-refractivity contribution in [1.82, 2.24) is 4.98 Å². The van der Waals surface area contributed by atoms with Gasteiger partial charge in [0, 0.05) is 12.3 Å². The Kier molecular flexibility index (Phi) is 3.64. The predicted molar refractivity (Wildman–Crippen MR) is 64.6 cm³/mol. The van der Waals surface area contributed by atoms with E-state index in [2.05, 4.69) is 18.8 Å². The highest BCUT2D eigenvalue weighted by Crippen LogP contribution is 2.37. The van der Waals surface area contributed by atoms with E-state index in [4.69, 9.17) is 10.2 Å². The van der Waals surface area contributed by atoms with E-state index in [1.54, 1.807) is 0 Å². The molecule has 2 N–H and O–H groups in total. The Bertz CT molecular complexity index is 340. The summed E-state index contributed by atoms with van der Waals surface area (Å²) in [6.45, 7) is 5.07. The normalized spacial score (nSPS) is 16.8. The van der Waals surface area contributed by atoms with E-state index < -0.39 is 0 Å². The Morgan fingerprint density at radius 2 is 2.19 bits per heavy atom. The summed E-state index contributed by atoms with van der Waals surface area (Å²) in [7, 11) is 0. The van der Waals surface area contributed by atoms with E-state index in [0.717, 1.165) is 36.7 Å². The minimum atomic E-state index is 0.449. The van der Waals surface area contributed by atoms with Crippen LogP contribution in [0.25, 0.3) is 0 Å². The fraction of sp³-hybridized carbons (Fsp3) is 0.769. The molecule has 0 saturated heterocycles. The minimum Gasteiger partial charge on any atom is -0.445 e. The summed E-state index contributed by atoms with van der Waals surface area (Å²) in [5.41, 5.74) is 6.69. The lowest BCUT2D eigenvalue weighted by molar-refractivity contribution is 0.324. The van der Waals surface area contributed by atoms with Crippen molar-refractivity contribution in [2.24, 2.45) is 5.73 Å². The molecule has 0 unspecified atom stereocenters. The Morgan fingerprint density at radius 1 is 1.44 bits per heavy atom. The van der Waals surface area contributed by atoms with E-state index in [1.165, 1.54) is 19.3 Å². The number of rotatable bonds is 5. The summed E-state index contributed by atoms with van der Waals surface area (Å²) >= 11 is 0. The predicted octanol–water partition coefficient (Wildman–Crippen LogP) is 2.96. The lowest BCUT2D eigenvalue weighted by atomic mass is 9.85. The molecular weight excluding hydrogens is 200 g/mol. The highest BCUT2D eigenvalue weighted by molar-refractivity contribution is 5.16. The number of aromatic nitrogens is 1. The fourth-order valence-electron chi connectivity index (χ4n) is 2.11. The van der Waals surface area contributed by atoms with Gasteiger partial charge in [-0.2, -0.15) is 0 Å². The van der Waals surface area contributed by atoms with Crippen molar-refractivity contribution in [1.29, 1.82) is 0 Å². The van der Waals surface area contributed by atoms with Gasteiger partial charge in [0.05, 0.1) is 5.69 Å². The van der Waals surface area contributed by atoms with Crippen molar-refractivity contribution >= 4 is 0 Å². The van der Waals surface area contributed by atoms with E-state index >= 15 is 0 Å². The van der Waals surface area contributed by atoms with Crippen molar-refractivity contribution in [3.05, 3.63) is 17.3 Å². The number of nitrogens with zero attached hydrogens (tertiary/aromatic N) is 1. The number of hydrogen-bond donors (Lipinski definition) is 1. The molecule has 3 nitrogen and oxygen atoms in total. The number of nitrogens with two attached hydrogens (primary N) is 1. The van der Waals surface area contributed by atoms with Crippen LogP contribution < -0.4 is 5.73 Å². The highest BCUT2D eigenvalue weighted by atomic mass is 16.4. The van der Waals surface area contributed by atoms with E-state index in [-0.39, 0.29) is 0 Å². The van der Waals surface area contributed by atoms with Gasteiger partial charge in [0.2, 0.25) is 0 Å². The SMILES string of the molecule is CC(C)c1nc(C2CCC2)oc1CCCN. The molecule has 1 aromatic rings. The molecule has 3 heteroatoms. The van der Waals surface area contributed by atoms with Crippen LogP contribution in [0, 0.1) is 0 Å². The highest BCUT2D eigenvalue weighted by Gasteiger charge is 2.26. The first kappa shape index (κ1) is 11.6. The Morgan fingerprint density at radius 3 is 2.69 bits per heavy atom. The molecule has 1 aliphatic carbocycles. The van der Waals surface area contributed by atoms with Gasteiger partial charge in [-0.05, 0) is 31.7 Å². The quantitative estimate of drug-likeness (QED) is 0.833. The molecule has 1 saturated carbocycles. The third kappa shape index (κ3) is 2.29. The minimum absolute atomic E-state index is 0.449. The van der Waals surface area contributed by atoms with Crippen molar-refractivity contribution in [2.45, 2.75) is 57.8 Å². The van der Waals surface area contributed by atoms with Gasteiger partial charge >= 0.3 is 0 Å². The molecule has 0 radical (unpaired) electrons. The summed E-state index contributed by atoms with van der Waals surface area (Å²) in [5.74, 6) is 3.08. The maximum absolute atomic E-state index is 5.92. The molecule has 16 heavy (non-hydrogen) atoms. The van der Waals surface area contributed by atoms with Crippen LogP contribution in [0.1, 0.15) is 68.7 Å². The zero-order valence-electron chi connectivity index (χ0n) is 10.3. The molecule has 90 valence electrons. The van der Waals surface area contributed by atoms with Crippen LogP contribution in [0.4, 0.5) is 0 Å². The summed E-state index contributed by atoms with van der Waals surface area (Å²) in [6, 6.07) is 0. The molecule has 1 aromatic heterocycles. The third-order valence-electron chi connectivity index (χ3n) is 3.35. The zero-order chi connectivity index (χ0) is 11.5. The first-order valence-electron chi connectivity index (χ1n) is 6.42. The second kappa shape index (κ2) is 5.00. The molecule has 2 rings (SSSR count). The van der Waals surface area contributed by atoms with Crippen LogP contribution in [0.5, 0.6) is 0 Å². The second-order valence-electron chi connectivity index (χ2n) is 5.04. The van der Waals surface area contributed by atoms with Gasteiger partial charge in [0.25, 0.3) is 0 Å². The van der Waals surface area contributed by atoms with Crippen LogP contribution >= 0.6 is 0 Å². The standard InChI is InChI=1S/C13H22N2O/c1-9(2)12-11(7-4-8-14)16-13(15-12)10-5-3-6-10/h9-10H,3-8,14H2,1-2H3. The van der Waals surface area contributed by atoms with Gasteiger partial charge < -0.3 is 10.2 Å². The number of hydrogen-bond acceptors (Lipinski definition) is 3. The van der Waals surface area contributed by atoms with Gasteiger partial charge in [-0.3, -0.25) is 0 Å². The van der Waals surface area contributed by atoms with Crippen molar-refractivity contribution in [2.75, 3.05) is 6.54 Å². The molecule has 1 aliphatic rings. The average molecular weight is 222 g/mol. The summed E-state index contributed by atoms with van der Waals surface area (Å²) in [5, 5.41) is 0. The van der Waals surface area contributed by atoms with Crippen LogP contribution in [-0.4, -0.2) is 11.5 Å². The lowest BCUT2D eigenvalue weighted by Gasteiger charge is -2.21. The molecule has 0 spiro atoms. The first-order chi connectivity index (χ1) is 7.72. The molecule has 1 heterocycles. The largest absolute Gasteiger partial charge is 0.445 e. The van der Waals surface area contributed by atoms with Crippen molar-refractivity contribution in [3.8, 4) is 0 Å². The third-order valence-corrected chi connectivity index (χ3v) is 3.35. The molecule has 1 fully saturated rings. The summed E-state index contributed by atoms with van der Waals surface area (Å²) in [6.07, 6.45) is 5.73. The van der Waals surface area contributed by atoms with E-state index in [0.29, 0.717) is 11.8 Å². The smallest absolute Gasteiger partial charge is 0.197 e. The molecule has 0 aromatic carbocycles. The monoisotopic (exact) mass is 222 g/mol. The van der Waals surface area contributed by atoms with Crippen LogP contribution in [-0.2, 0) is 6.42 Å². The Labute approximate surface area is 97.4 Å². The van der Waals surface area contributed by atoms with Gasteiger partial charge in [0.1, 0.15) is 5.76 Å². The van der Waals surface area contributed by atoms with Gasteiger partial charge in [-0.25, -0.2) is 4.98 Å². The van der Waals surface area contributed by atoms with Crippen LogP contribution in [0.3, 0.4) is 0 Å². The van der Waals surface area contributed by atoms with E-state index in [9.17, 15) is 0 Å². The maximum Gasteiger partial charge on any atom is 0.197 e. The molecule has 0 bridgehead atoms. The maximum atomic E-state index is 5.92. The van der Waals surface area contributed by atoms with Crippen LogP contribution in [0.15, 0.2) is 4.42 Å². The number of aryl methyl sites for hydroxylation is 1. The molecule has 0 aliphatic heterocycles.